The van der Waals surface area contributed by atoms with Crippen molar-refractivity contribution in [1.82, 2.24) is 24.4 Å². The number of rotatable bonds is 6. The predicted octanol–water partition coefficient (Wildman–Crippen LogP) is 3.96. The fourth-order valence-electron chi connectivity index (χ4n) is 3.90. The molecule has 11 heteroatoms. The van der Waals surface area contributed by atoms with E-state index in [-0.39, 0.29) is 16.7 Å². The van der Waals surface area contributed by atoms with Gasteiger partial charge in [-0.2, -0.15) is 0 Å². The molecule has 0 unspecified atom stereocenters. The van der Waals surface area contributed by atoms with Crippen LogP contribution in [0.5, 0.6) is 5.75 Å². The molecule has 3 aliphatic rings. The Balaban J connectivity index is 1.49. The van der Waals surface area contributed by atoms with Crippen molar-refractivity contribution >= 4 is 35.1 Å². The van der Waals surface area contributed by atoms with E-state index in [1.165, 1.54) is 24.9 Å². The molecule has 3 aliphatic heterocycles. The molecule has 3 heterocycles. The van der Waals surface area contributed by atoms with Crippen molar-refractivity contribution in [3.05, 3.63) is 29.3 Å². The second-order valence-electron chi connectivity index (χ2n) is 7.76. The van der Waals surface area contributed by atoms with Crippen LogP contribution < -0.4 is 10.5 Å². The largest absolute Gasteiger partial charge is 0.492 e. The van der Waals surface area contributed by atoms with Crippen molar-refractivity contribution < 1.29 is 13.9 Å². The lowest BCUT2D eigenvalue weighted by molar-refractivity contribution is -0.130. The highest BCUT2D eigenvalue weighted by Crippen LogP contribution is 2.37. The number of aryl methyl sites for hydroxylation is 1. The third kappa shape index (κ3) is 4.75. The maximum atomic E-state index is 14.2. The first kappa shape index (κ1) is 22.6. The van der Waals surface area contributed by atoms with Crippen LogP contribution in [0.25, 0.3) is 11.5 Å². The number of benzene rings is 1. The lowest BCUT2D eigenvalue weighted by Gasteiger charge is -2.31. The van der Waals surface area contributed by atoms with Crippen LogP contribution in [0.15, 0.2) is 28.5 Å². The number of carbonyl (C=O) groups excluding carboxylic acids is 1. The number of fused-ring (bicyclic) bond motifs is 1. The average Bonchev–Trinajstić information content (AvgIpc) is 3.18. The Bertz CT molecular complexity index is 1080. The molecule has 1 fully saturated rings. The van der Waals surface area contributed by atoms with Gasteiger partial charge in [-0.1, -0.05) is 11.6 Å². The van der Waals surface area contributed by atoms with Crippen LogP contribution in [0.1, 0.15) is 26.2 Å². The number of likely N-dealkylation sites (tertiary alicyclic amines) is 1. The number of methoxy groups -OCH3 is 1. The van der Waals surface area contributed by atoms with Gasteiger partial charge in [0.05, 0.1) is 18.5 Å². The maximum Gasteiger partial charge on any atom is 0.219 e. The summed E-state index contributed by atoms with van der Waals surface area (Å²) in [7, 11) is 1.37. The Morgan fingerprint density at radius 3 is 2.75 bits per heavy atom. The summed E-state index contributed by atoms with van der Waals surface area (Å²) >= 11 is 7.29. The number of nitrogens with two attached hydrogens (primary N) is 1. The van der Waals surface area contributed by atoms with Gasteiger partial charge in [-0.15, -0.1) is 0 Å². The Morgan fingerprint density at radius 2 is 2.09 bits per heavy atom. The number of hydrogen-bond donors (Lipinski definition) is 1. The van der Waals surface area contributed by atoms with Gasteiger partial charge in [-0.05, 0) is 49.1 Å². The number of nitrogen functional groups attached to an aromatic ring is 1. The summed E-state index contributed by atoms with van der Waals surface area (Å²) in [6.07, 6.45) is 4.60. The third-order valence-corrected chi connectivity index (χ3v) is 6.81. The molecule has 0 spiro atoms. The molecule has 2 N–H and O–H groups in total. The second kappa shape index (κ2) is 9.50. The zero-order chi connectivity index (χ0) is 22.8. The maximum absolute atomic E-state index is 14.2. The molecule has 1 aromatic rings. The number of piperidine rings is 1. The molecule has 0 saturated carbocycles. The van der Waals surface area contributed by atoms with E-state index < -0.39 is 5.82 Å². The Labute approximate surface area is 194 Å². The van der Waals surface area contributed by atoms with Crippen LogP contribution in [0.2, 0.25) is 5.02 Å². The number of imidazole rings is 1. The fraction of sp³-hybridized carbons (Fsp3) is 0.429. The first-order valence-electron chi connectivity index (χ1n) is 10.3. The number of anilines is 1. The van der Waals surface area contributed by atoms with E-state index in [0.29, 0.717) is 33.3 Å². The quantitative estimate of drug-likeness (QED) is 0.572. The second-order valence-corrected chi connectivity index (χ2v) is 9.21. The molecule has 1 aromatic carbocycles. The van der Waals surface area contributed by atoms with Gasteiger partial charge in [0.1, 0.15) is 0 Å². The predicted molar refractivity (Wildman–Crippen MR) is 121 cm³/mol. The van der Waals surface area contributed by atoms with Crippen LogP contribution in [0.3, 0.4) is 0 Å². The van der Waals surface area contributed by atoms with Crippen LogP contribution in [-0.4, -0.2) is 50.5 Å². The normalized spacial score (nSPS) is 14.8. The van der Waals surface area contributed by atoms with Gasteiger partial charge >= 0.3 is 0 Å². The first-order chi connectivity index (χ1) is 15.4. The van der Waals surface area contributed by atoms with Crippen molar-refractivity contribution in [2.75, 3.05) is 25.9 Å². The van der Waals surface area contributed by atoms with Crippen molar-refractivity contribution in [2.45, 2.75) is 42.8 Å². The SMILES string of the molecule is COc1c(F)cc(Sc2nc3c(N)ncn(CCC4CCN(C(C)=O)CC4)c-3n2)cc1Cl. The average molecular weight is 479 g/mol. The fourth-order valence-corrected chi connectivity index (χ4v) is 5.07. The number of ether oxygens (including phenoxy) is 1. The Morgan fingerprint density at radius 1 is 1.34 bits per heavy atom. The molecular weight excluding hydrogens is 455 g/mol. The van der Waals surface area contributed by atoms with Crippen molar-refractivity contribution in [3.8, 4) is 17.3 Å². The lowest BCUT2D eigenvalue weighted by atomic mass is 9.93. The Kier molecular flexibility index (Phi) is 6.71. The molecule has 32 heavy (non-hydrogen) atoms. The number of aromatic nitrogens is 4. The molecule has 4 rings (SSSR count). The standard InChI is InChI=1S/C21H24ClFN6O2S/c1-12(30)28-6-3-13(4-7-28)5-8-29-11-25-19(24)17-20(29)27-21(26-17)32-14-9-15(22)18(31-2)16(23)10-14/h9-11,13H,3-8,24H2,1-2H3. The molecular formula is C21H24ClFN6O2S. The summed E-state index contributed by atoms with van der Waals surface area (Å²) in [5, 5.41) is 0.613. The molecule has 0 bridgehead atoms. The van der Waals surface area contributed by atoms with E-state index in [9.17, 15) is 9.18 Å². The van der Waals surface area contributed by atoms with Crippen molar-refractivity contribution in [2.24, 2.45) is 5.92 Å². The van der Waals surface area contributed by atoms with Crippen LogP contribution >= 0.6 is 23.4 Å². The van der Waals surface area contributed by atoms with Gasteiger partial charge in [0.25, 0.3) is 0 Å². The van der Waals surface area contributed by atoms with E-state index in [1.54, 1.807) is 19.3 Å². The van der Waals surface area contributed by atoms with Gasteiger partial charge in [0, 0.05) is 31.5 Å². The summed E-state index contributed by atoms with van der Waals surface area (Å²) in [5.74, 6) is 1.06. The van der Waals surface area contributed by atoms with E-state index >= 15 is 0 Å². The summed E-state index contributed by atoms with van der Waals surface area (Å²) < 4.78 is 21.1. The number of nitrogens with zero attached hydrogens (tertiary/aromatic N) is 5. The van der Waals surface area contributed by atoms with Gasteiger partial charge < -0.3 is 19.9 Å². The van der Waals surface area contributed by atoms with Gasteiger partial charge in [0.15, 0.2) is 34.1 Å². The first-order valence-corrected chi connectivity index (χ1v) is 11.5. The van der Waals surface area contributed by atoms with Crippen LogP contribution in [-0.2, 0) is 11.3 Å². The minimum Gasteiger partial charge on any atom is -0.492 e. The van der Waals surface area contributed by atoms with Gasteiger partial charge in [0.2, 0.25) is 5.91 Å². The van der Waals surface area contributed by atoms with E-state index in [4.69, 9.17) is 22.1 Å². The molecule has 1 saturated heterocycles. The van der Waals surface area contributed by atoms with E-state index in [0.717, 1.165) is 38.9 Å². The molecule has 0 aliphatic carbocycles. The zero-order valence-electron chi connectivity index (χ0n) is 17.8. The minimum absolute atomic E-state index is 0.00465. The molecule has 170 valence electrons. The highest BCUT2D eigenvalue weighted by atomic mass is 35.5. The molecule has 0 atom stereocenters. The lowest BCUT2D eigenvalue weighted by Crippen LogP contribution is -2.37. The van der Waals surface area contributed by atoms with Crippen LogP contribution in [0.4, 0.5) is 10.2 Å². The molecule has 0 aromatic heterocycles. The number of hydrogen-bond acceptors (Lipinski definition) is 7. The molecule has 0 radical (unpaired) electrons. The van der Waals surface area contributed by atoms with Crippen molar-refractivity contribution in [3.63, 3.8) is 0 Å². The third-order valence-electron chi connectivity index (χ3n) is 5.69. The summed E-state index contributed by atoms with van der Waals surface area (Å²) in [5.41, 5.74) is 6.54. The number of amides is 1. The Hall–Kier alpha value is -2.59. The molecule has 8 nitrogen and oxygen atoms in total. The summed E-state index contributed by atoms with van der Waals surface area (Å²) in [6, 6.07) is 2.94. The molecule has 1 amide bonds. The number of carbonyl (C=O) groups is 1. The zero-order valence-corrected chi connectivity index (χ0v) is 19.4. The van der Waals surface area contributed by atoms with Gasteiger partial charge in [-0.25, -0.2) is 19.3 Å². The number of halogens is 2. The van der Waals surface area contributed by atoms with Crippen LogP contribution in [0, 0.1) is 11.7 Å². The topological polar surface area (TPSA) is 99.2 Å². The minimum atomic E-state index is -0.550. The summed E-state index contributed by atoms with van der Waals surface area (Å²) in [4.78, 5) is 27.3. The highest BCUT2D eigenvalue weighted by Gasteiger charge is 2.23. The highest BCUT2D eigenvalue weighted by molar-refractivity contribution is 7.99. The smallest absolute Gasteiger partial charge is 0.219 e. The van der Waals surface area contributed by atoms with Crippen molar-refractivity contribution in [1.29, 1.82) is 0 Å². The van der Waals surface area contributed by atoms with E-state index in [1.807, 2.05) is 9.47 Å². The van der Waals surface area contributed by atoms with Gasteiger partial charge in [-0.3, -0.25) is 4.79 Å². The summed E-state index contributed by atoms with van der Waals surface area (Å²) in [6.45, 7) is 3.95. The van der Waals surface area contributed by atoms with E-state index in [2.05, 4.69) is 15.0 Å². The monoisotopic (exact) mass is 478 g/mol.